The Balaban J connectivity index is 2.33. The van der Waals surface area contributed by atoms with Crippen LogP contribution in [0.3, 0.4) is 0 Å². The van der Waals surface area contributed by atoms with E-state index in [9.17, 15) is 0 Å². The summed E-state index contributed by atoms with van der Waals surface area (Å²) < 4.78 is 0.806. The summed E-state index contributed by atoms with van der Waals surface area (Å²) in [6, 6.07) is 12.1. The van der Waals surface area contributed by atoms with Crippen molar-refractivity contribution < 1.29 is 0 Å². The van der Waals surface area contributed by atoms with E-state index in [2.05, 4.69) is 24.4 Å². The van der Waals surface area contributed by atoms with Crippen molar-refractivity contribution in [2.24, 2.45) is 0 Å². The second-order valence-corrected chi connectivity index (χ2v) is 6.20. The van der Waals surface area contributed by atoms with Crippen molar-refractivity contribution in [3.05, 3.63) is 56.2 Å². The minimum absolute atomic E-state index is 0.121. The minimum Gasteiger partial charge on any atom is -0.306 e. The molecule has 1 N–H and O–H groups in total. The van der Waals surface area contributed by atoms with Crippen LogP contribution in [0.2, 0.25) is 9.36 Å². The first-order chi connectivity index (χ1) is 8.72. The van der Waals surface area contributed by atoms with Crippen LogP contribution in [0.15, 0.2) is 36.4 Å². The molecule has 4 heteroatoms. The third-order valence-corrected chi connectivity index (χ3v) is 4.33. The Labute approximate surface area is 122 Å². The molecule has 2 aromatic rings. The smallest absolute Gasteiger partial charge is 0.0931 e. The first-order valence-electron chi connectivity index (χ1n) is 5.95. The van der Waals surface area contributed by atoms with Gasteiger partial charge in [-0.25, -0.2) is 0 Å². The maximum atomic E-state index is 6.29. The van der Waals surface area contributed by atoms with Crippen LogP contribution in [0.1, 0.15) is 29.8 Å². The van der Waals surface area contributed by atoms with E-state index in [1.54, 1.807) is 11.3 Å². The van der Waals surface area contributed by atoms with Gasteiger partial charge in [-0.15, -0.1) is 11.3 Å². The first kappa shape index (κ1) is 13.9. The third-order valence-electron chi connectivity index (χ3n) is 2.69. The lowest BCUT2D eigenvalue weighted by atomic mass is 10.1. The molecule has 1 heterocycles. The fourth-order valence-corrected chi connectivity index (χ4v) is 3.25. The van der Waals surface area contributed by atoms with Gasteiger partial charge in [0.15, 0.2) is 0 Å². The fourth-order valence-electron chi connectivity index (χ4n) is 1.85. The van der Waals surface area contributed by atoms with Gasteiger partial charge >= 0.3 is 0 Å². The monoisotopic (exact) mass is 299 g/mol. The van der Waals surface area contributed by atoms with Crippen LogP contribution in [0.5, 0.6) is 0 Å². The van der Waals surface area contributed by atoms with Gasteiger partial charge in [0.1, 0.15) is 0 Å². The lowest BCUT2D eigenvalue weighted by molar-refractivity contribution is 0.606. The summed E-state index contributed by atoms with van der Waals surface area (Å²) in [4.78, 5) is 1.20. The normalized spacial score (nSPS) is 12.6. The Kier molecular flexibility index (Phi) is 5.07. The van der Waals surface area contributed by atoms with Crippen LogP contribution in [0.4, 0.5) is 0 Å². The lowest BCUT2D eigenvalue weighted by Gasteiger charge is -2.18. The van der Waals surface area contributed by atoms with Crippen molar-refractivity contribution in [2.75, 3.05) is 6.54 Å². The van der Waals surface area contributed by atoms with Crippen molar-refractivity contribution in [1.82, 2.24) is 5.32 Å². The van der Waals surface area contributed by atoms with Crippen molar-refractivity contribution >= 4 is 34.5 Å². The largest absolute Gasteiger partial charge is 0.306 e. The minimum atomic E-state index is 0.121. The molecule has 0 bridgehead atoms. The summed E-state index contributed by atoms with van der Waals surface area (Å²) in [5.74, 6) is 0. The Morgan fingerprint density at radius 2 is 1.94 bits per heavy atom. The molecule has 0 amide bonds. The molecule has 0 aliphatic rings. The van der Waals surface area contributed by atoms with E-state index in [0.717, 1.165) is 27.9 Å². The summed E-state index contributed by atoms with van der Waals surface area (Å²) in [5.41, 5.74) is 1.10. The van der Waals surface area contributed by atoms with Gasteiger partial charge in [-0.3, -0.25) is 0 Å². The molecule has 0 saturated carbocycles. The number of nitrogens with one attached hydrogen (secondary N) is 1. The van der Waals surface area contributed by atoms with E-state index in [1.165, 1.54) is 4.88 Å². The average molecular weight is 300 g/mol. The number of benzene rings is 1. The Bertz CT molecular complexity index is 510. The topological polar surface area (TPSA) is 12.0 Å². The van der Waals surface area contributed by atoms with E-state index in [0.29, 0.717) is 0 Å². The lowest BCUT2D eigenvalue weighted by Crippen LogP contribution is -2.22. The molecule has 2 rings (SSSR count). The number of hydrogen-bond donors (Lipinski definition) is 1. The molecule has 0 spiro atoms. The van der Waals surface area contributed by atoms with E-state index >= 15 is 0 Å². The SMILES string of the molecule is CCCNC(c1ccc(Cl)s1)c1ccccc1Cl. The van der Waals surface area contributed by atoms with Crippen LogP contribution in [-0.4, -0.2) is 6.54 Å². The average Bonchev–Trinajstić information content (AvgIpc) is 2.78. The molecular formula is C14H15Cl2NS. The molecule has 0 aliphatic heterocycles. The summed E-state index contributed by atoms with van der Waals surface area (Å²) in [5, 5.41) is 4.31. The number of rotatable bonds is 5. The van der Waals surface area contributed by atoms with E-state index in [-0.39, 0.29) is 6.04 Å². The standard InChI is InChI=1S/C14H15Cl2NS/c1-2-9-17-14(12-7-8-13(16)18-12)10-5-3-4-6-11(10)15/h3-8,14,17H,2,9H2,1H3. The van der Waals surface area contributed by atoms with Gasteiger partial charge in [-0.2, -0.15) is 0 Å². The highest BCUT2D eigenvalue weighted by Gasteiger charge is 2.17. The van der Waals surface area contributed by atoms with Gasteiger partial charge in [0, 0.05) is 9.90 Å². The second-order valence-electron chi connectivity index (χ2n) is 4.05. The molecule has 1 aromatic heterocycles. The number of halogens is 2. The molecule has 0 aliphatic carbocycles. The summed E-state index contributed by atoms with van der Waals surface area (Å²) in [6.45, 7) is 3.10. The molecule has 0 fully saturated rings. The van der Waals surface area contributed by atoms with Crippen LogP contribution in [0.25, 0.3) is 0 Å². The fraction of sp³-hybridized carbons (Fsp3) is 0.286. The molecule has 1 atom stereocenters. The van der Waals surface area contributed by atoms with Gasteiger partial charge in [0.25, 0.3) is 0 Å². The maximum Gasteiger partial charge on any atom is 0.0931 e. The Morgan fingerprint density at radius 1 is 1.17 bits per heavy atom. The molecular weight excluding hydrogens is 285 g/mol. The van der Waals surface area contributed by atoms with Gasteiger partial charge in [-0.05, 0) is 36.7 Å². The van der Waals surface area contributed by atoms with Crippen molar-refractivity contribution in [3.8, 4) is 0 Å². The highest BCUT2D eigenvalue weighted by molar-refractivity contribution is 7.16. The maximum absolute atomic E-state index is 6.29. The van der Waals surface area contributed by atoms with E-state index < -0.39 is 0 Å². The van der Waals surface area contributed by atoms with Crippen molar-refractivity contribution in [3.63, 3.8) is 0 Å². The highest BCUT2D eigenvalue weighted by atomic mass is 35.5. The van der Waals surface area contributed by atoms with Crippen LogP contribution in [0, 0.1) is 0 Å². The predicted octanol–water partition coefficient (Wildman–Crippen LogP) is 5.14. The number of hydrogen-bond acceptors (Lipinski definition) is 2. The number of thiophene rings is 1. The molecule has 0 saturated heterocycles. The van der Waals surface area contributed by atoms with Gasteiger partial charge in [0.05, 0.1) is 10.4 Å². The highest BCUT2D eigenvalue weighted by Crippen LogP contribution is 2.33. The Hall–Kier alpha value is -0.540. The third kappa shape index (κ3) is 3.27. The summed E-state index contributed by atoms with van der Waals surface area (Å²) >= 11 is 13.9. The van der Waals surface area contributed by atoms with Gasteiger partial charge in [0.2, 0.25) is 0 Å². The summed E-state index contributed by atoms with van der Waals surface area (Å²) in [7, 11) is 0. The van der Waals surface area contributed by atoms with Crippen molar-refractivity contribution in [2.45, 2.75) is 19.4 Å². The molecule has 0 radical (unpaired) electrons. The van der Waals surface area contributed by atoms with Gasteiger partial charge in [-0.1, -0.05) is 48.3 Å². The molecule has 1 unspecified atom stereocenters. The van der Waals surface area contributed by atoms with Crippen LogP contribution >= 0.6 is 34.5 Å². The van der Waals surface area contributed by atoms with Gasteiger partial charge < -0.3 is 5.32 Å². The Morgan fingerprint density at radius 3 is 2.56 bits per heavy atom. The zero-order valence-electron chi connectivity index (χ0n) is 10.1. The summed E-state index contributed by atoms with van der Waals surface area (Å²) in [6.07, 6.45) is 1.08. The molecule has 1 aromatic carbocycles. The molecule has 18 heavy (non-hydrogen) atoms. The zero-order chi connectivity index (χ0) is 13.0. The van der Waals surface area contributed by atoms with E-state index in [1.807, 2.05) is 24.3 Å². The quantitative estimate of drug-likeness (QED) is 0.805. The molecule has 1 nitrogen and oxygen atoms in total. The second kappa shape index (κ2) is 6.58. The first-order valence-corrected chi connectivity index (χ1v) is 7.52. The molecule has 96 valence electrons. The van der Waals surface area contributed by atoms with E-state index in [4.69, 9.17) is 23.2 Å². The van der Waals surface area contributed by atoms with Crippen LogP contribution < -0.4 is 5.32 Å². The van der Waals surface area contributed by atoms with Crippen LogP contribution in [-0.2, 0) is 0 Å². The van der Waals surface area contributed by atoms with Crippen molar-refractivity contribution in [1.29, 1.82) is 0 Å². The zero-order valence-corrected chi connectivity index (χ0v) is 12.4. The predicted molar refractivity (Wildman–Crippen MR) is 80.9 cm³/mol.